The van der Waals surface area contributed by atoms with E-state index in [1.807, 2.05) is 6.92 Å². The van der Waals surface area contributed by atoms with Crippen molar-refractivity contribution >= 4 is 23.6 Å². The lowest BCUT2D eigenvalue weighted by Gasteiger charge is -2.30. The van der Waals surface area contributed by atoms with Gasteiger partial charge in [0.05, 0.1) is 35.8 Å². The molecule has 6 N–H and O–H groups in total. The second kappa shape index (κ2) is 16.5. The van der Waals surface area contributed by atoms with E-state index >= 15 is 0 Å². The number of aliphatic hydroxyl groups is 2. The minimum atomic E-state index is -0.976. The van der Waals surface area contributed by atoms with Crippen molar-refractivity contribution in [3.63, 3.8) is 0 Å². The fraction of sp³-hybridized carbons (Fsp3) is 0.613. The predicted molar refractivity (Wildman–Crippen MR) is 159 cm³/mol. The summed E-state index contributed by atoms with van der Waals surface area (Å²) < 4.78 is 16.7. The lowest BCUT2D eigenvalue weighted by atomic mass is 9.85. The highest BCUT2D eigenvalue weighted by Crippen LogP contribution is 2.29. The number of aliphatic hydroxyl groups excluding tert-OH is 2. The molecule has 0 fully saturated rings. The maximum absolute atomic E-state index is 13.6. The number of amides is 2. The number of allylic oxidation sites excluding steroid dienone is 3. The Morgan fingerprint density at radius 2 is 1.81 bits per heavy atom. The highest BCUT2D eigenvalue weighted by atomic mass is 16.6. The average Bonchev–Trinajstić information content (AvgIpc) is 2.93. The highest BCUT2D eigenvalue weighted by molar-refractivity contribution is 6.23. The topological polar surface area (TPSA) is 187 Å². The first kappa shape index (κ1) is 35.9. The molecular weight excluding hydrogens is 558 g/mol. The van der Waals surface area contributed by atoms with Crippen molar-refractivity contribution in [2.24, 2.45) is 17.6 Å². The van der Waals surface area contributed by atoms with Crippen molar-refractivity contribution in [3.05, 3.63) is 46.3 Å². The van der Waals surface area contributed by atoms with Gasteiger partial charge < -0.3 is 40.8 Å². The first-order chi connectivity index (χ1) is 20.2. The molecule has 1 unspecified atom stereocenters. The molecule has 2 bridgehead atoms. The Hall–Kier alpha value is -3.32. The Morgan fingerprint density at radius 3 is 2.40 bits per heavy atom. The Bertz CT molecular complexity index is 1170. The van der Waals surface area contributed by atoms with Crippen molar-refractivity contribution in [1.82, 2.24) is 10.6 Å². The minimum Gasteiger partial charge on any atom is -0.439 e. The van der Waals surface area contributed by atoms with Crippen LogP contribution in [0.4, 0.5) is 4.79 Å². The summed E-state index contributed by atoms with van der Waals surface area (Å²) in [5.74, 6) is -2.23. The molecule has 2 amide bonds. The lowest BCUT2D eigenvalue weighted by molar-refractivity contribution is -0.120. The normalized spacial score (nSPS) is 31.7. The molecule has 0 saturated carbocycles. The molecule has 1 heterocycles. The van der Waals surface area contributed by atoms with Gasteiger partial charge in [0.1, 0.15) is 0 Å². The van der Waals surface area contributed by atoms with Gasteiger partial charge in [0.25, 0.3) is 5.91 Å². The molecule has 12 heteroatoms. The van der Waals surface area contributed by atoms with Gasteiger partial charge in [-0.3, -0.25) is 14.4 Å². The van der Waals surface area contributed by atoms with Gasteiger partial charge in [-0.1, -0.05) is 26.0 Å². The first-order valence-corrected chi connectivity index (χ1v) is 14.5. The second-order valence-corrected chi connectivity index (χ2v) is 11.5. The Labute approximate surface area is 253 Å². The van der Waals surface area contributed by atoms with E-state index in [9.17, 15) is 29.4 Å². The number of nitrogens with one attached hydrogen (secondary N) is 2. The smallest absolute Gasteiger partial charge is 0.405 e. The molecule has 12 nitrogen and oxygen atoms in total. The average molecular weight is 606 g/mol. The summed E-state index contributed by atoms with van der Waals surface area (Å²) in [6.45, 7) is 8.62. The fourth-order valence-electron chi connectivity index (χ4n) is 5.33. The number of carbonyl (C=O) groups excluding carboxylic acids is 4. The van der Waals surface area contributed by atoms with Crippen LogP contribution >= 0.6 is 0 Å². The minimum absolute atomic E-state index is 0.0507. The van der Waals surface area contributed by atoms with Crippen molar-refractivity contribution in [2.75, 3.05) is 20.8 Å². The van der Waals surface area contributed by atoms with Crippen LogP contribution in [0.25, 0.3) is 0 Å². The number of hydrogen-bond donors (Lipinski definition) is 5. The van der Waals surface area contributed by atoms with Gasteiger partial charge in [0.2, 0.25) is 11.6 Å². The Balaban J connectivity index is 2.57. The van der Waals surface area contributed by atoms with Crippen LogP contribution in [0.15, 0.2) is 46.3 Å². The molecule has 0 radical (unpaired) electrons. The van der Waals surface area contributed by atoms with E-state index in [1.165, 1.54) is 14.2 Å². The number of primary amides is 1. The molecule has 2 rings (SSSR count). The number of hydrogen-bond acceptors (Lipinski definition) is 10. The van der Waals surface area contributed by atoms with Crippen LogP contribution in [0.5, 0.6) is 0 Å². The highest BCUT2D eigenvalue weighted by Gasteiger charge is 2.33. The van der Waals surface area contributed by atoms with Crippen molar-refractivity contribution in [1.29, 1.82) is 0 Å². The zero-order chi connectivity index (χ0) is 32.4. The molecule has 2 aliphatic rings. The third-order valence-electron chi connectivity index (χ3n) is 7.69. The van der Waals surface area contributed by atoms with Crippen LogP contribution < -0.4 is 16.4 Å². The fourth-order valence-corrected chi connectivity index (χ4v) is 5.33. The van der Waals surface area contributed by atoms with Crippen LogP contribution in [-0.4, -0.2) is 85.1 Å². The summed E-state index contributed by atoms with van der Waals surface area (Å²) >= 11 is 0. The van der Waals surface area contributed by atoms with Crippen LogP contribution in [0.3, 0.4) is 0 Å². The number of ketones is 2. The summed E-state index contributed by atoms with van der Waals surface area (Å²) in [5.41, 5.74) is 6.40. The molecule has 0 aromatic carbocycles. The summed E-state index contributed by atoms with van der Waals surface area (Å²) in [6.07, 6.45) is 0.909. The number of carbonyl (C=O) groups is 4. The molecular formula is C31H47N3O9. The number of rotatable bonds is 6. The zero-order valence-electron chi connectivity index (χ0n) is 26.1. The van der Waals surface area contributed by atoms with Gasteiger partial charge in [-0.15, -0.1) is 0 Å². The monoisotopic (exact) mass is 605 g/mol. The van der Waals surface area contributed by atoms with E-state index in [4.69, 9.17) is 19.9 Å². The third-order valence-corrected chi connectivity index (χ3v) is 7.69. The number of fused-ring (bicyclic) bond motifs is 2. The molecule has 1 aliphatic carbocycles. The molecule has 0 aromatic rings. The number of Topliss-reactive ketones (excluding diaryl/α,β-unsaturated/α-hetero) is 1. The van der Waals surface area contributed by atoms with Gasteiger partial charge in [0, 0.05) is 43.9 Å². The van der Waals surface area contributed by atoms with E-state index < -0.39 is 60.0 Å². The maximum atomic E-state index is 13.6. The van der Waals surface area contributed by atoms with Crippen LogP contribution in [-0.2, 0) is 28.6 Å². The van der Waals surface area contributed by atoms with E-state index in [0.717, 1.165) is 6.08 Å². The summed E-state index contributed by atoms with van der Waals surface area (Å²) in [4.78, 5) is 51.5. The van der Waals surface area contributed by atoms with E-state index in [-0.39, 0.29) is 35.9 Å². The van der Waals surface area contributed by atoms with Crippen LogP contribution in [0, 0.1) is 11.8 Å². The lowest BCUT2D eigenvalue weighted by Crippen LogP contribution is -2.38. The largest absolute Gasteiger partial charge is 0.439 e. The van der Waals surface area contributed by atoms with Crippen molar-refractivity contribution in [2.45, 2.75) is 90.8 Å². The van der Waals surface area contributed by atoms with Gasteiger partial charge in [-0.05, 0) is 57.9 Å². The predicted octanol–water partition coefficient (Wildman–Crippen LogP) is 1.96. The SMILES string of the molecule is CO[C@H]1C[C@H](C)CC2=C(NCC(C)O)C(=O)C=C(NC(=O)/C(C)=C\CC[C@H](OC)[C@@H](OC(N)=O)/C(C)=C\[C@H](C)[C@H]1O)C2=O. The summed E-state index contributed by atoms with van der Waals surface area (Å²) in [7, 11) is 2.96. The molecule has 0 aromatic heterocycles. The number of nitrogens with two attached hydrogens (primary N) is 1. The van der Waals surface area contributed by atoms with E-state index in [2.05, 4.69) is 10.6 Å². The molecule has 1 aliphatic heterocycles. The molecule has 43 heavy (non-hydrogen) atoms. The van der Waals surface area contributed by atoms with Gasteiger partial charge in [-0.2, -0.15) is 0 Å². The standard InChI is InChI=1S/C31H47N3O9/c1-16-11-21-26(33-15-20(5)35)23(36)14-22(28(21)38)34-30(39)17(2)9-8-10-24(41-6)29(43-31(32)40)19(4)13-18(3)27(37)25(12-16)42-7/h9,13-14,16,18,20,24-25,27,29,33,35,37H,8,10-12,15H2,1-7H3,(H2,32,40)(H,34,39)/b17-9-,19-13-/t16-,18+,20?,24+,25+,27-,29+/m1/s1. The number of methoxy groups -OCH3 is 2. The van der Waals surface area contributed by atoms with E-state index in [1.54, 1.807) is 39.8 Å². The molecule has 240 valence electrons. The molecule has 7 atom stereocenters. The van der Waals surface area contributed by atoms with Gasteiger partial charge in [0.15, 0.2) is 6.10 Å². The number of ether oxygens (including phenoxy) is 3. The van der Waals surface area contributed by atoms with Crippen LogP contribution in [0.2, 0.25) is 0 Å². The van der Waals surface area contributed by atoms with Gasteiger partial charge >= 0.3 is 6.09 Å². The summed E-state index contributed by atoms with van der Waals surface area (Å²) in [5, 5.41) is 26.5. The third kappa shape index (κ3) is 10.1. The molecule has 0 spiro atoms. The second-order valence-electron chi connectivity index (χ2n) is 11.5. The summed E-state index contributed by atoms with van der Waals surface area (Å²) in [6, 6.07) is 0. The van der Waals surface area contributed by atoms with Gasteiger partial charge in [-0.25, -0.2) is 4.79 Å². The quantitative estimate of drug-likeness (QED) is 0.221. The van der Waals surface area contributed by atoms with Crippen LogP contribution in [0.1, 0.15) is 60.3 Å². The van der Waals surface area contributed by atoms with Crippen molar-refractivity contribution in [3.8, 4) is 0 Å². The molecule has 0 saturated heterocycles. The first-order valence-electron chi connectivity index (χ1n) is 14.5. The van der Waals surface area contributed by atoms with E-state index in [0.29, 0.717) is 30.4 Å². The maximum Gasteiger partial charge on any atom is 0.405 e. The zero-order valence-corrected chi connectivity index (χ0v) is 26.1. The Kier molecular flexibility index (Phi) is 13.8. The Morgan fingerprint density at radius 1 is 1.16 bits per heavy atom. The van der Waals surface area contributed by atoms with Crippen molar-refractivity contribution < 1.29 is 43.6 Å².